The van der Waals surface area contributed by atoms with Crippen LogP contribution in [-0.4, -0.2) is 110 Å². The van der Waals surface area contributed by atoms with E-state index in [9.17, 15) is 43.6 Å². The Balaban J connectivity index is 2.18. The van der Waals surface area contributed by atoms with E-state index >= 15 is 0 Å². The molecule has 2 unspecified atom stereocenters. The van der Waals surface area contributed by atoms with Crippen molar-refractivity contribution in [2.75, 3.05) is 18.1 Å². The zero-order valence-electron chi connectivity index (χ0n) is 12.3. The van der Waals surface area contributed by atoms with Crippen LogP contribution >= 0.6 is 0 Å². The summed E-state index contributed by atoms with van der Waals surface area (Å²) in [5.41, 5.74) is 0. The van der Waals surface area contributed by atoms with Crippen LogP contribution in [0.25, 0.3) is 0 Å². The summed E-state index contributed by atoms with van der Waals surface area (Å²) in [4.78, 5) is 0. The lowest BCUT2D eigenvalue weighted by atomic mass is 10.0. The highest BCUT2D eigenvalue weighted by atomic mass is 32.3. The molecule has 0 spiro atoms. The zero-order valence-corrected chi connectivity index (χ0v) is 13.9. The molecule has 0 aromatic heterocycles. The Labute approximate surface area is 140 Å². The van der Waals surface area contributed by atoms with E-state index in [2.05, 4.69) is 4.18 Å². The van der Waals surface area contributed by atoms with Crippen LogP contribution in [0.1, 0.15) is 0 Å². The van der Waals surface area contributed by atoms with Crippen LogP contribution in [-0.2, 0) is 30.2 Å². The van der Waals surface area contributed by atoms with Gasteiger partial charge < -0.3 is 39.9 Å². The number of ether oxygens (including phenoxy) is 1. The minimum absolute atomic E-state index is 0.0812. The third-order valence-electron chi connectivity index (χ3n) is 4.03. The predicted octanol–water partition coefficient (Wildman–Crippen LogP) is -5.01. The van der Waals surface area contributed by atoms with Gasteiger partial charge in [-0.2, -0.15) is 0 Å². The molecule has 2 rings (SSSR count). The van der Waals surface area contributed by atoms with E-state index in [0.29, 0.717) is 0 Å². The van der Waals surface area contributed by atoms with Crippen molar-refractivity contribution in [2.45, 2.75) is 48.2 Å². The van der Waals surface area contributed by atoms with E-state index in [0.717, 1.165) is 0 Å². The van der Waals surface area contributed by atoms with Crippen molar-refractivity contribution in [1.82, 2.24) is 0 Å². The van der Waals surface area contributed by atoms with Crippen LogP contribution in [0.2, 0.25) is 0 Å². The molecule has 6 N–H and O–H groups in total. The maximum absolute atomic E-state index is 10.8. The first-order valence-electron chi connectivity index (χ1n) is 7.02. The average molecular weight is 392 g/mol. The number of hydrogen-bond donors (Lipinski definition) is 6. The fourth-order valence-corrected chi connectivity index (χ4v) is 6.06. The van der Waals surface area contributed by atoms with Gasteiger partial charge in [-0.15, -0.1) is 0 Å². The molecule has 24 heavy (non-hydrogen) atoms. The first-order chi connectivity index (χ1) is 11.0. The number of hydrogen-bond acceptors (Lipinski definition) is 11. The summed E-state index contributed by atoms with van der Waals surface area (Å²) in [7, 11) is -6.10. The molecule has 0 amide bonds. The van der Waals surface area contributed by atoms with E-state index in [1.165, 1.54) is 0 Å². The van der Waals surface area contributed by atoms with Crippen molar-refractivity contribution < 1.29 is 52.5 Å². The molecule has 142 valence electrons. The Morgan fingerprint density at radius 3 is 2.29 bits per heavy atom. The van der Waals surface area contributed by atoms with E-state index in [1.807, 2.05) is 0 Å². The molecule has 2 fully saturated rings. The number of aliphatic hydroxyl groups is 6. The minimum atomic E-state index is -5.23. The normalized spacial score (nSPS) is 47.0. The van der Waals surface area contributed by atoms with Crippen LogP contribution in [0.3, 0.4) is 0 Å². The van der Waals surface area contributed by atoms with Gasteiger partial charge in [0, 0.05) is 10.9 Å². The maximum atomic E-state index is 10.8. The number of rotatable bonds is 5. The summed E-state index contributed by atoms with van der Waals surface area (Å²) in [5.74, 6) is -0.0295. The maximum Gasteiger partial charge on any atom is 0.218 e. The Hall–Kier alpha value is -0.0600. The van der Waals surface area contributed by atoms with E-state index in [4.69, 9.17) is 4.74 Å². The van der Waals surface area contributed by atoms with Gasteiger partial charge in [0.15, 0.2) is 11.5 Å². The minimum Gasteiger partial charge on any atom is -0.726 e. The summed E-state index contributed by atoms with van der Waals surface area (Å²) in [6, 6.07) is 0. The average Bonchev–Trinajstić information content (AvgIpc) is 2.74. The summed E-state index contributed by atoms with van der Waals surface area (Å²) < 4.78 is 41.8. The molecular weight excluding hydrogens is 372 g/mol. The molecule has 0 aromatic carbocycles. The summed E-state index contributed by atoms with van der Waals surface area (Å²) in [6.45, 7) is -0.451. The van der Waals surface area contributed by atoms with Crippen LogP contribution in [0.4, 0.5) is 0 Å². The van der Waals surface area contributed by atoms with Gasteiger partial charge >= 0.3 is 0 Å². The molecular formula is C11H20O11S2. The molecule has 0 bridgehead atoms. The van der Waals surface area contributed by atoms with Gasteiger partial charge in [0.2, 0.25) is 10.4 Å². The lowest BCUT2D eigenvalue weighted by Gasteiger charge is -2.40. The lowest BCUT2D eigenvalue weighted by Crippen LogP contribution is -2.60. The standard InChI is InChI=1S/C11H20O11S2/c12-1-6-7(14)4(13)2-23(6)3-5-10(22-24(18,19)20)8(15)9(16)11(17)21-5/h4-17H,1-3H2/t4-,5-,6-,7+,8-,9-,10+,11?,23?/m1/s1. The van der Waals surface area contributed by atoms with Crippen molar-refractivity contribution in [1.29, 1.82) is 0 Å². The first kappa shape index (κ1) is 20.3. The summed E-state index contributed by atoms with van der Waals surface area (Å²) >= 11 is 0. The molecule has 2 aliphatic heterocycles. The molecule has 2 saturated heterocycles. The smallest absolute Gasteiger partial charge is 0.218 e. The highest BCUT2D eigenvalue weighted by Gasteiger charge is 2.54. The van der Waals surface area contributed by atoms with Crippen molar-refractivity contribution in [2.24, 2.45) is 0 Å². The molecule has 11 nitrogen and oxygen atoms in total. The second-order valence-corrected chi connectivity index (χ2v) is 9.02. The van der Waals surface area contributed by atoms with Gasteiger partial charge in [0.05, 0.1) is 6.61 Å². The first-order valence-corrected chi connectivity index (χ1v) is 9.98. The molecule has 0 saturated carbocycles. The van der Waals surface area contributed by atoms with Crippen LogP contribution in [0.15, 0.2) is 0 Å². The van der Waals surface area contributed by atoms with Gasteiger partial charge in [-0.3, -0.25) is 4.18 Å². The van der Waals surface area contributed by atoms with E-state index in [1.54, 1.807) is 0 Å². The summed E-state index contributed by atoms with van der Waals surface area (Å²) in [5, 5.41) is 57.1. The quantitative estimate of drug-likeness (QED) is 0.149. The largest absolute Gasteiger partial charge is 0.726 e. The summed E-state index contributed by atoms with van der Waals surface area (Å²) in [6.07, 6.45) is -11.0. The van der Waals surface area contributed by atoms with Gasteiger partial charge in [0.25, 0.3) is 0 Å². The van der Waals surface area contributed by atoms with Crippen molar-refractivity contribution in [3.8, 4) is 0 Å². The number of aliphatic hydroxyl groups excluding tert-OH is 6. The van der Waals surface area contributed by atoms with E-state index < -0.39 is 76.1 Å². The van der Waals surface area contributed by atoms with Crippen LogP contribution < -0.4 is 0 Å². The van der Waals surface area contributed by atoms with Crippen LogP contribution in [0.5, 0.6) is 0 Å². The highest BCUT2D eigenvalue weighted by Crippen LogP contribution is 2.30. The third-order valence-corrected chi connectivity index (χ3v) is 7.30. The van der Waals surface area contributed by atoms with Crippen molar-refractivity contribution >= 4 is 21.3 Å². The molecule has 13 heteroatoms. The van der Waals surface area contributed by atoms with Gasteiger partial charge in [-0.05, 0) is 0 Å². The molecule has 0 aliphatic carbocycles. The predicted molar refractivity (Wildman–Crippen MR) is 77.5 cm³/mol. The second kappa shape index (κ2) is 7.67. The fraction of sp³-hybridized carbons (Fsp3) is 1.00. The van der Waals surface area contributed by atoms with Crippen LogP contribution in [0, 0.1) is 0 Å². The van der Waals surface area contributed by atoms with Gasteiger partial charge in [-0.1, -0.05) is 0 Å². The van der Waals surface area contributed by atoms with Gasteiger partial charge in [-0.25, -0.2) is 8.42 Å². The monoisotopic (exact) mass is 392 g/mol. The fourth-order valence-electron chi connectivity index (χ4n) is 2.81. The second-order valence-electron chi connectivity index (χ2n) is 5.67. The molecule has 2 heterocycles. The Morgan fingerprint density at radius 2 is 1.75 bits per heavy atom. The van der Waals surface area contributed by atoms with Gasteiger partial charge in [0.1, 0.15) is 48.1 Å². The highest BCUT2D eigenvalue weighted by molar-refractivity contribution is 7.97. The van der Waals surface area contributed by atoms with Crippen molar-refractivity contribution in [3.63, 3.8) is 0 Å². The lowest BCUT2D eigenvalue weighted by molar-refractivity contribution is -0.272. The Kier molecular flexibility index (Phi) is 6.47. The Bertz CT molecular complexity index is 528. The van der Waals surface area contributed by atoms with E-state index in [-0.39, 0.29) is 11.5 Å². The molecule has 9 atom stereocenters. The molecule has 0 radical (unpaired) electrons. The molecule has 0 aromatic rings. The SMILES string of the molecule is O=S(=O)([O-])O[C@@H]1[C@H](O)[C@@H](O)C(O)O[C@@H]1C[S+]1C[C@@H](O)[C@H](O)[C@H]1CO. The third kappa shape index (κ3) is 4.37. The van der Waals surface area contributed by atoms with Crippen molar-refractivity contribution in [3.05, 3.63) is 0 Å². The Morgan fingerprint density at radius 1 is 1.12 bits per heavy atom. The zero-order chi connectivity index (χ0) is 18.2. The molecule has 2 aliphatic rings. The topological polar surface area (TPSA) is 197 Å².